The largest absolute Gasteiger partial charge is 0.507 e. The lowest BCUT2D eigenvalue weighted by molar-refractivity contribution is 0.481. The molecule has 2 nitrogen and oxygen atoms in total. The molecular formula is C13H15NO. The number of hydrogen-bond acceptors (Lipinski definition) is 2. The smallest absolute Gasteiger partial charge is 0.123 e. The third-order valence-corrected chi connectivity index (χ3v) is 2.60. The van der Waals surface area contributed by atoms with Crippen molar-refractivity contribution in [2.45, 2.75) is 19.4 Å². The van der Waals surface area contributed by atoms with Crippen LogP contribution in [0.1, 0.15) is 19.4 Å². The minimum Gasteiger partial charge on any atom is -0.507 e. The first-order valence-corrected chi connectivity index (χ1v) is 4.99. The molecule has 0 heterocycles. The number of rotatable bonds is 1. The molecule has 0 unspecified atom stereocenters. The van der Waals surface area contributed by atoms with E-state index in [1.54, 1.807) is 6.07 Å². The number of aromatic hydroxyl groups is 1. The molecule has 0 saturated carbocycles. The number of phenols is 1. The molecule has 0 atom stereocenters. The van der Waals surface area contributed by atoms with Crippen molar-refractivity contribution in [3.63, 3.8) is 0 Å². The summed E-state index contributed by atoms with van der Waals surface area (Å²) >= 11 is 0. The summed E-state index contributed by atoms with van der Waals surface area (Å²) in [7, 11) is 0. The fourth-order valence-corrected chi connectivity index (χ4v) is 1.67. The van der Waals surface area contributed by atoms with Crippen LogP contribution in [0.4, 0.5) is 0 Å². The molecule has 0 bridgehead atoms. The van der Waals surface area contributed by atoms with Crippen LogP contribution in [0.3, 0.4) is 0 Å². The Labute approximate surface area is 89.3 Å². The molecule has 2 heteroatoms. The standard InChI is InChI=1S/C13H15NO/c1-13(2,14)10-6-7-11-9(8-10)4-3-5-12(11)15/h3-8,15H,14H2,1-2H3. The molecule has 0 radical (unpaired) electrons. The minimum absolute atomic E-state index is 0.314. The van der Waals surface area contributed by atoms with E-state index in [0.717, 1.165) is 16.3 Å². The Morgan fingerprint density at radius 2 is 1.87 bits per heavy atom. The highest BCUT2D eigenvalue weighted by Crippen LogP contribution is 2.27. The van der Waals surface area contributed by atoms with Crippen LogP contribution in [0.2, 0.25) is 0 Å². The quantitative estimate of drug-likeness (QED) is 0.745. The predicted molar refractivity (Wildman–Crippen MR) is 62.8 cm³/mol. The van der Waals surface area contributed by atoms with Gasteiger partial charge in [0.25, 0.3) is 0 Å². The van der Waals surface area contributed by atoms with E-state index in [1.165, 1.54) is 0 Å². The molecule has 0 aromatic heterocycles. The molecule has 0 saturated heterocycles. The van der Waals surface area contributed by atoms with Gasteiger partial charge in [-0.3, -0.25) is 0 Å². The zero-order valence-electron chi connectivity index (χ0n) is 8.99. The zero-order valence-corrected chi connectivity index (χ0v) is 8.99. The van der Waals surface area contributed by atoms with E-state index < -0.39 is 0 Å². The maximum absolute atomic E-state index is 9.63. The molecule has 2 aromatic carbocycles. The third kappa shape index (κ3) is 1.81. The number of phenolic OH excluding ortho intramolecular Hbond substituents is 1. The highest BCUT2D eigenvalue weighted by atomic mass is 16.3. The Balaban J connectivity index is 2.68. The van der Waals surface area contributed by atoms with Gasteiger partial charge in [0.2, 0.25) is 0 Å². The van der Waals surface area contributed by atoms with Crippen molar-refractivity contribution in [2.24, 2.45) is 5.73 Å². The van der Waals surface area contributed by atoms with Gasteiger partial charge in [-0.05, 0) is 36.9 Å². The van der Waals surface area contributed by atoms with E-state index in [4.69, 9.17) is 5.73 Å². The van der Waals surface area contributed by atoms with Crippen molar-refractivity contribution in [3.05, 3.63) is 42.0 Å². The maximum Gasteiger partial charge on any atom is 0.123 e. The molecule has 15 heavy (non-hydrogen) atoms. The monoisotopic (exact) mass is 201 g/mol. The molecule has 0 fully saturated rings. The number of fused-ring (bicyclic) bond motifs is 1. The highest BCUT2D eigenvalue weighted by Gasteiger charge is 2.14. The molecule has 3 N–H and O–H groups in total. The summed E-state index contributed by atoms with van der Waals surface area (Å²) in [6.45, 7) is 3.94. The first kappa shape index (κ1) is 9.99. The lowest BCUT2D eigenvalue weighted by atomic mass is 9.93. The molecule has 0 aliphatic rings. The second-order valence-electron chi connectivity index (χ2n) is 4.43. The van der Waals surface area contributed by atoms with E-state index in [9.17, 15) is 5.11 Å². The third-order valence-electron chi connectivity index (χ3n) is 2.60. The maximum atomic E-state index is 9.63. The van der Waals surface area contributed by atoms with Gasteiger partial charge in [0.15, 0.2) is 0 Å². The SMILES string of the molecule is CC(C)(N)c1ccc2c(O)cccc2c1. The Kier molecular flexibility index (Phi) is 2.16. The first-order chi connectivity index (χ1) is 6.98. The Hall–Kier alpha value is -1.54. The van der Waals surface area contributed by atoms with E-state index in [2.05, 4.69) is 0 Å². The lowest BCUT2D eigenvalue weighted by Gasteiger charge is -2.19. The van der Waals surface area contributed by atoms with Gasteiger partial charge in [-0.25, -0.2) is 0 Å². The summed E-state index contributed by atoms with van der Waals surface area (Å²) in [4.78, 5) is 0. The van der Waals surface area contributed by atoms with Crippen LogP contribution < -0.4 is 5.73 Å². The van der Waals surface area contributed by atoms with Gasteiger partial charge in [-0.2, -0.15) is 0 Å². The second kappa shape index (κ2) is 3.24. The van der Waals surface area contributed by atoms with Crippen LogP contribution in [0.5, 0.6) is 5.75 Å². The van der Waals surface area contributed by atoms with Gasteiger partial charge in [0, 0.05) is 10.9 Å². The van der Waals surface area contributed by atoms with E-state index in [-0.39, 0.29) is 5.54 Å². The van der Waals surface area contributed by atoms with Crippen molar-refractivity contribution in [1.29, 1.82) is 0 Å². The van der Waals surface area contributed by atoms with E-state index >= 15 is 0 Å². The van der Waals surface area contributed by atoms with Gasteiger partial charge in [0.05, 0.1) is 0 Å². The fraction of sp³-hybridized carbons (Fsp3) is 0.231. The van der Waals surface area contributed by atoms with Gasteiger partial charge < -0.3 is 10.8 Å². The van der Waals surface area contributed by atoms with Crippen LogP contribution in [0.15, 0.2) is 36.4 Å². The van der Waals surface area contributed by atoms with Crippen LogP contribution in [0.25, 0.3) is 10.8 Å². The van der Waals surface area contributed by atoms with Gasteiger partial charge in [0.1, 0.15) is 5.75 Å². The Bertz CT molecular complexity index is 497. The molecule has 2 aromatic rings. The molecule has 0 aliphatic carbocycles. The molecule has 2 rings (SSSR count). The normalized spacial score (nSPS) is 11.9. The molecule has 0 spiro atoms. The average Bonchev–Trinajstić information content (AvgIpc) is 2.16. The van der Waals surface area contributed by atoms with Crippen molar-refractivity contribution in [1.82, 2.24) is 0 Å². The zero-order chi connectivity index (χ0) is 11.1. The average molecular weight is 201 g/mol. The summed E-state index contributed by atoms with van der Waals surface area (Å²) in [5.74, 6) is 0.314. The topological polar surface area (TPSA) is 46.2 Å². The Morgan fingerprint density at radius 1 is 1.13 bits per heavy atom. The van der Waals surface area contributed by atoms with Crippen LogP contribution in [-0.4, -0.2) is 5.11 Å². The Morgan fingerprint density at radius 3 is 2.53 bits per heavy atom. The summed E-state index contributed by atoms with van der Waals surface area (Å²) in [6.07, 6.45) is 0. The number of benzene rings is 2. The van der Waals surface area contributed by atoms with Crippen LogP contribution >= 0.6 is 0 Å². The molecule has 0 amide bonds. The second-order valence-corrected chi connectivity index (χ2v) is 4.43. The molecule has 0 aliphatic heterocycles. The lowest BCUT2D eigenvalue weighted by Crippen LogP contribution is -2.28. The molecule has 78 valence electrons. The highest BCUT2D eigenvalue weighted by molar-refractivity contribution is 5.88. The van der Waals surface area contributed by atoms with Crippen molar-refractivity contribution < 1.29 is 5.11 Å². The summed E-state index contributed by atoms with van der Waals surface area (Å²) in [5.41, 5.74) is 6.75. The summed E-state index contributed by atoms with van der Waals surface area (Å²) in [5, 5.41) is 11.5. The summed E-state index contributed by atoms with van der Waals surface area (Å²) < 4.78 is 0. The van der Waals surface area contributed by atoms with Gasteiger partial charge >= 0.3 is 0 Å². The minimum atomic E-state index is -0.348. The van der Waals surface area contributed by atoms with Crippen LogP contribution in [-0.2, 0) is 5.54 Å². The number of nitrogens with two attached hydrogens (primary N) is 1. The van der Waals surface area contributed by atoms with Gasteiger partial charge in [-0.1, -0.05) is 24.3 Å². The molecular weight excluding hydrogens is 186 g/mol. The van der Waals surface area contributed by atoms with Gasteiger partial charge in [-0.15, -0.1) is 0 Å². The summed E-state index contributed by atoms with van der Waals surface area (Å²) in [6, 6.07) is 11.4. The fourth-order valence-electron chi connectivity index (χ4n) is 1.67. The predicted octanol–water partition coefficient (Wildman–Crippen LogP) is 2.74. The first-order valence-electron chi connectivity index (χ1n) is 4.99. The van der Waals surface area contributed by atoms with E-state index in [0.29, 0.717) is 5.75 Å². The number of hydrogen-bond donors (Lipinski definition) is 2. The van der Waals surface area contributed by atoms with Crippen molar-refractivity contribution >= 4 is 10.8 Å². The van der Waals surface area contributed by atoms with E-state index in [1.807, 2.05) is 44.2 Å². The van der Waals surface area contributed by atoms with Crippen molar-refractivity contribution in [2.75, 3.05) is 0 Å². The van der Waals surface area contributed by atoms with Crippen molar-refractivity contribution in [3.8, 4) is 5.75 Å². The van der Waals surface area contributed by atoms with Crippen LogP contribution in [0, 0.1) is 0 Å².